The van der Waals surface area contributed by atoms with Crippen LogP contribution in [0.4, 0.5) is 0 Å². The van der Waals surface area contributed by atoms with Gasteiger partial charge in [-0.25, -0.2) is 0 Å². The second kappa shape index (κ2) is 10.4. The molecule has 1 unspecified atom stereocenters. The Labute approximate surface area is 175 Å². The standard InChI is InChI=1S/C22H25N3O5/c1-29-11-12-30-19-9-7-17(8-10-19)21(27)23-24-22(28)18-13-20(26)25(15-18)14-16-5-3-2-4-6-16/h2-10,18H,11-15H2,1H3,(H,23,27)(H,24,28). The number of rotatable bonds is 8. The minimum Gasteiger partial charge on any atom is -0.491 e. The van der Waals surface area contributed by atoms with Gasteiger partial charge in [0.05, 0.1) is 12.5 Å². The van der Waals surface area contributed by atoms with Crippen molar-refractivity contribution in [1.82, 2.24) is 15.8 Å². The molecule has 3 rings (SSSR count). The van der Waals surface area contributed by atoms with E-state index < -0.39 is 11.8 Å². The lowest BCUT2D eigenvalue weighted by atomic mass is 10.1. The number of hydrogen-bond acceptors (Lipinski definition) is 5. The molecule has 0 radical (unpaired) electrons. The summed E-state index contributed by atoms with van der Waals surface area (Å²) in [6.07, 6.45) is 0.127. The van der Waals surface area contributed by atoms with E-state index in [0.29, 0.717) is 37.6 Å². The molecule has 0 bridgehead atoms. The average molecular weight is 411 g/mol. The van der Waals surface area contributed by atoms with Crippen LogP contribution in [0.5, 0.6) is 5.75 Å². The molecular weight excluding hydrogens is 386 g/mol. The lowest BCUT2D eigenvalue weighted by Gasteiger charge is -2.16. The van der Waals surface area contributed by atoms with Crippen LogP contribution in [0, 0.1) is 5.92 Å². The Morgan fingerprint density at radius 1 is 1.03 bits per heavy atom. The monoisotopic (exact) mass is 411 g/mol. The summed E-state index contributed by atoms with van der Waals surface area (Å²) >= 11 is 0. The maximum absolute atomic E-state index is 12.4. The van der Waals surface area contributed by atoms with Crippen LogP contribution in [0.3, 0.4) is 0 Å². The summed E-state index contributed by atoms with van der Waals surface area (Å²) in [5.41, 5.74) is 6.20. The molecule has 1 fully saturated rings. The van der Waals surface area contributed by atoms with Crippen LogP contribution in [0.2, 0.25) is 0 Å². The first kappa shape index (κ1) is 21.3. The van der Waals surface area contributed by atoms with E-state index in [2.05, 4.69) is 10.9 Å². The van der Waals surface area contributed by atoms with Gasteiger partial charge < -0.3 is 14.4 Å². The Morgan fingerprint density at radius 2 is 1.77 bits per heavy atom. The molecule has 158 valence electrons. The van der Waals surface area contributed by atoms with Gasteiger partial charge in [-0.05, 0) is 29.8 Å². The van der Waals surface area contributed by atoms with Gasteiger partial charge in [0, 0.05) is 32.2 Å². The summed E-state index contributed by atoms with van der Waals surface area (Å²) in [7, 11) is 1.59. The van der Waals surface area contributed by atoms with E-state index in [0.717, 1.165) is 5.56 Å². The summed E-state index contributed by atoms with van der Waals surface area (Å²) in [6, 6.07) is 16.2. The summed E-state index contributed by atoms with van der Waals surface area (Å²) in [5, 5.41) is 0. The van der Waals surface area contributed by atoms with Crippen LogP contribution in [-0.4, -0.2) is 49.5 Å². The number of likely N-dealkylation sites (tertiary alicyclic amines) is 1. The highest BCUT2D eigenvalue weighted by Gasteiger charge is 2.34. The first-order valence-electron chi connectivity index (χ1n) is 9.70. The van der Waals surface area contributed by atoms with Gasteiger partial charge in [-0.3, -0.25) is 25.2 Å². The van der Waals surface area contributed by atoms with E-state index in [1.54, 1.807) is 36.3 Å². The Bertz CT molecular complexity index is 870. The summed E-state index contributed by atoms with van der Waals surface area (Å²) in [5.74, 6) is -0.785. The maximum atomic E-state index is 12.4. The van der Waals surface area contributed by atoms with Crippen LogP contribution in [0.25, 0.3) is 0 Å². The first-order chi connectivity index (χ1) is 14.6. The number of methoxy groups -OCH3 is 1. The number of hydrazine groups is 1. The van der Waals surface area contributed by atoms with E-state index in [-0.39, 0.29) is 18.2 Å². The molecule has 1 aliphatic rings. The van der Waals surface area contributed by atoms with Crippen molar-refractivity contribution >= 4 is 17.7 Å². The topological polar surface area (TPSA) is 97.0 Å². The van der Waals surface area contributed by atoms with E-state index in [4.69, 9.17) is 9.47 Å². The van der Waals surface area contributed by atoms with Crippen LogP contribution in [0.15, 0.2) is 54.6 Å². The molecule has 1 heterocycles. The predicted octanol–water partition coefficient (Wildman–Crippen LogP) is 1.52. The number of hydrogen-bond donors (Lipinski definition) is 2. The van der Waals surface area contributed by atoms with Crippen molar-refractivity contribution in [3.05, 3.63) is 65.7 Å². The van der Waals surface area contributed by atoms with Crippen molar-refractivity contribution in [1.29, 1.82) is 0 Å². The molecule has 8 nitrogen and oxygen atoms in total. The first-order valence-corrected chi connectivity index (χ1v) is 9.70. The zero-order chi connectivity index (χ0) is 21.3. The normalized spacial score (nSPS) is 15.7. The molecule has 1 saturated heterocycles. The van der Waals surface area contributed by atoms with Crippen LogP contribution < -0.4 is 15.6 Å². The van der Waals surface area contributed by atoms with Gasteiger partial charge in [0.2, 0.25) is 11.8 Å². The molecule has 0 aliphatic carbocycles. The number of amides is 3. The number of nitrogens with one attached hydrogen (secondary N) is 2. The largest absolute Gasteiger partial charge is 0.491 e. The average Bonchev–Trinajstić information content (AvgIpc) is 3.13. The Kier molecular flexibility index (Phi) is 7.40. The highest BCUT2D eigenvalue weighted by Crippen LogP contribution is 2.20. The highest BCUT2D eigenvalue weighted by atomic mass is 16.5. The fourth-order valence-electron chi connectivity index (χ4n) is 3.14. The molecule has 2 aromatic rings. The molecule has 2 aromatic carbocycles. The van der Waals surface area contributed by atoms with Gasteiger partial charge >= 0.3 is 0 Å². The van der Waals surface area contributed by atoms with Crippen LogP contribution in [-0.2, 0) is 20.9 Å². The zero-order valence-corrected chi connectivity index (χ0v) is 16.8. The molecule has 0 spiro atoms. The third-order valence-electron chi connectivity index (χ3n) is 4.77. The van der Waals surface area contributed by atoms with Gasteiger partial charge in [-0.1, -0.05) is 30.3 Å². The van der Waals surface area contributed by atoms with Crippen LogP contribution >= 0.6 is 0 Å². The second-order valence-corrected chi connectivity index (χ2v) is 6.97. The Balaban J connectivity index is 1.46. The molecule has 0 saturated carbocycles. The third-order valence-corrected chi connectivity index (χ3v) is 4.77. The van der Waals surface area contributed by atoms with Crippen molar-refractivity contribution < 1.29 is 23.9 Å². The maximum Gasteiger partial charge on any atom is 0.269 e. The van der Waals surface area contributed by atoms with Crippen molar-refractivity contribution in [2.24, 2.45) is 5.92 Å². The molecule has 30 heavy (non-hydrogen) atoms. The summed E-state index contributed by atoms with van der Waals surface area (Å²) < 4.78 is 10.4. The number of ether oxygens (including phenoxy) is 2. The van der Waals surface area contributed by atoms with Crippen molar-refractivity contribution in [2.75, 3.05) is 26.9 Å². The van der Waals surface area contributed by atoms with Crippen molar-refractivity contribution in [3.8, 4) is 5.75 Å². The molecule has 1 atom stereocenters. The number of carbonyl (C=O) groups is 3. The fraction of sp³-hybridized carbons (Fsp3) is 0.318. The number of nitrogens with zero attached hydrogens (tertiary/aromatic N) is 1. The van der Waals surface area contributed by atoms with E-state index in [1.807, 2.05) is 30.3 Å². The summed E-state index contributed by atoms with van der Waals surface area (Å²) in [6.45, 7) is 1.68. The number of benzene rings is 2. The van der Waals surface area contributed by atoms with Gasteiger partial charge in [0.1, 0.15) is 12.4 Å². The van der Waals surface area contributed by atoms with Crippen molar-refractivity contribution in [2.45, 2.75) is 13.0 Å². The van der Waals surface area contributed by atoms with Gasteiger partial charge in [0.15, 0.2) is 0 Å². The highest BCUT2D eigenvalue weighted by molar-refractivity contribution is 5.96. The molecule has 2 N–H and O–H groups in total. The lowest BCUT2D eigenvalue weighted by molar-refractivity contribution is -0.129. The van der Waals surface area contributed by atoms with Gasteiger partial charge in [0.25, 0.3) is 5.91 Å². The van der Waals surface area contributed by atoms with E-state index in [1.165, 1.54) is 0 Å². The van der Waals surface area contributed by atoms with Crippen LogP contribution in [0.1, 0.15) is 22.3 Å². The SMILES string of the molecule is COCCOc1ccc(C(=O)NNC(=O)C2CC(=O)N(Cc3ccccc3)C2)cc1. The Morgan fingerprint density at radius 3 is 2.47 bits per heavy atom. The van der Waals surface area contributed by atoms with Crippen molar-refractivity contribution in [3.63, 3.8) is 0 Å². The quantitative estimate of drug-likeness (QED) is 0.507. The van der Waals surface area contributed by atoms with Gasteiger partial charge in [-0.2, -0.15) is 0 Å². The smallest absolute Gasteiger partial charge is 0.269 e. The molecule has 8 heteroatoms. The zero-order valence-electron chi connectivity index (χ0n) is 16.8. The Hall–Kier alpha value is -3.39. The minimum absolute atomic E-state index is 0.0746. The lowest BCUT2D eigenvalue weighted by Crippen LogP contribution is -2.45. The molecular formula is C22H25N3O5. The predicted molar refractivity (Wildman–Crippen MR) is 109 cm³/mol. The third kappa shape index (κ3) is 5.81. The number of carbonyl (C=O) groups excluding carboxylic acids is 3. The fourth-order valence-corrected chi connectivity index (χ4v) is 3.14. The molecule has 0 aromatic heterocycles. The molecule has 3 amide bonds. The second-order valence-electron chi connectivity index (χ2n) is 6.97. The van der Waals surface area contributed by atoms with E-state index >= 15 is 0 Å². The summed E-state index contributed by atoms with van der Waals surface area (Å²) in [4.78, 5) is 38.5. The van der Waals surface area contributed by atoms with Gasteiger partial charge in [-0.15, -0.1) is 0 Å². The molecule has 1 aliphatic heterocycles. The van der Waals surface area contributed by atoms with E-state index in [9.17, 15) is 14.4 Å². The minimum atomic E-state index is -0.502.